The molecule has 1 saturated heterocycles. The molecular formula is C16H24N4O3S2. The lowest BCUT2D eigenvalue weighted by Gasteiger charge is -2.35. The number of hydrogen-bond acceptors (Lipinski definition) is 6. The minimum absolute atomic E-state index is 0.0148. The lowest BCUT2D eigenvalue weighted by Crippen LogP contribution is -2.45. The second kappa shape index (κ2) is 6.79. The molecule has 1 atom stereocenters. The number of rotatable bonds is 4. The summed E-state index contributed by atoms with van der Waals surface area (Å²) >= 11 is 1.55. The summed E-state index contributed by atoms with van der Waals surface area (Å²) in [5.41, 5.74) is 0.919. The van der Waals surface area contributed by atoms with Crippen LogP contribution in [-0.4, -0.2) is 48.7 Å². The highest BCUT2D eigenvalue weighted by Crippen LogP contribution is 2.28. The number of aromatic nitrogens is 2. The molecule has 9 heteroatoms. The average Bonchev–Trinajstić information content (AvgIpc) is 2.81. The van der Waals surface area contributed by atoms with Crippen molar-refractivity contribution in [1.82, 2.24) is 19.6 Å². The van der Waals surface area contributed by atoms with Gasteiger partial charge in [0.2, 0.25) is 10.0 Å². The molecule has 1 aliphatic rings. The molecule has 0 bridgehead atoms. The fourth-order valence-electron chi connectivity index (χ4n) is 3.35. The Labute approximate surface area is 151 Å². The topological polar surface area (TPSA) is 95.2 Å². The first-order valence-corrected chi connectivity index (χ1v) is 11.1. The fourth-order valence-corrected chi connectivity index (χ4v) is 5.23. The molecule has 0 aromatic carbocycles. The zero-order chi connectivity index (χ0) is 18.4. The summed E-state index contributed by atoms with van der Waals surface area (Å²) in [7, 11) is -3.17. The Balaban J connectivity index is 1.77. The molecule has 7 nitrogen and oxygen atoms in total. The molecule has 3 rings (SSSR count). The van der Waals surface area contributed by atoms with Crippen LogP contribution >= 0.6 is 11.3 Å². The monoisotopic (exact) mass is 384 g/mol. The van der Waals surface area contributed by atoms with Gasteiger partial charge >= 0.3 is 0 Å². The fraction of sp³-hybridized carbons (Fsp3) is 0.625. The third-order valence-electron chi connectivity index (χ3n) is 4.91. The lowest BCUT2D eigenvalue weighted by atomic mass is 10.0. The van der Waals surface area contributed by atoms with Gasteiger partial charge < -0.3 is 4.98 Å². The molecule has 0 saturated carbocycles. The van der Waals surface area contributed by atoms with Gasteiger partial charge in [-0.1, -0.05) is 0 Å². The van der Waals surface area contributed by atoms with Crippen molar-refractivity contribution in [2.24, 2.45) is 0 Å². The van der Waals surface area contributed by atoms with Crippen LogP contribution in [-0.2, 0) is 10.0 Å². The van der Waals surface area contributed by atoms with E-state index in [1.165, 1.54) is 6.26 Å². The number of H-pyrrole nitrogens is 1. The molecule has 0 amide bonds. The number of sulfonamides is 1. The first-order valence-electron chi connectivity index (χ1n) is 8.37. The molecule has 1 aliphatic heterocycles. The van der Waals surface area contributed by atoms with Crippen LogP contribution in [0.3, 0.4) is 0 Å². The number of aromatic amines is 1. The molecule has 1 fully saturated rings. The molecule has 2 aromatic heterocycles. The third kappa shape index (κ3) is 3.94. The van der Waals surface area contributed by atoms with Crippen LogP contribution in [0.25, 0.3) is 10.2 Å². The van der Waals surface area contributed by atoms with Crippen molar-refractivity contribution < 1.29 is 8.42 Å². The van der Waals surface area contributed by atoms with Gasteiger partial charge in [-0.05, 0) is 39.2 Å². The molecule has 138 valence electrons. The standard InChI is InChI=1S/C16H24N4O3S2/c1-9-11(3)24-16-13(9)15(21)17-14(18-16)10(2)20-7-5-12(6-8-20)19-25(4,22)23/h10,12,19H,5-8H2,1-4H3,(H,17,18,21). The van der Waals surface area contributed by atoms with Crippen LogP contribution in [0.15, 0.2) is 4.79 Å². The van der Waals surface area contributed by atoms with Crippen LogP contribution in [0.2, 0.25) is 0 Å². The van der Waals surface area contributed by atoms with Crippen molar-refractivity contribution in [3.63, 3.8) is 0 Å². The van der Waals surface area contributed by atoms with Gasteiger partial charge in [0.25, 0.3) is 5.56 Å². The normalized spacial score (nSPS) is 18.7. The maximum Gasteiger partial charge on any atom is 0.259 e. The van der Waals surface area contributed by atoms with Gasteiger partial charge in [0.15, 0.2) is 0 Å². The van der Waals surface area contributed by atoms with Crippen LogP contribution < -0.4 is 10.3 Å². The van der Waals surface area contributed by atoms with Gasteiger partial charge in [-0.25, -0.2) is 18.1 Å². The molecular weight excluding hydrogens is 360 g/mol. The van der Waals surface area contributed by atoms with Crippen LogP contribution in [0, 0.1) is 13.8 Å². The number of aryl methyl sites for hydroxylation is 2. The maximum atomic E-state index is 12.4. The highest BCUT2D eigenvalue weighted by atomic mass is 32.2. The van der Waals surface area contributed by atoms with Crippen LogP contribution in [0.4, 0.5) is 0 Å². The second-order valence-corrected chi connectivity index (χ2v) is 9.77. The van der Waals surface area contributed by atoms with E-state index in [1.54, 1.807) is 11.3 Å². The Morgan fingerprint density at radius 1 is 1.32 bits per heavy atom. The van der Waals surface area contributed by atoms with E-state index in [4.69, 9.17) is 0 Å². The van der Waals surface area contributed by atoms with Crippen molar-refractivity contribution in [2.75, 3.05) is 19.3 Å². The van der Waals surface area contributed by atoms with E-state index in [0.717, 1.165) is 41.2 Å². The summed E-state index contributed by atoms with van der Waals surface area (Å²) in [5, 5.41) is 0.689. The molecule has 3 heterocycles. The zero-order valence-electron chi connectivity index (χ0n) is 14.9. The van der Waals surface area contributed by atoms with Crippen molar-refractivity contribution >= 4 is 31.6 Å². The quantitative estimate of drug-likeness (QED) is 0.836. The third-order valence-corrected chi connectivity index (χ3v) is 6.77. The summed E-state index contributed by atoms with van der Waals surface area (Å²) in [5.74, 6) is 0.674. The minimum Gasteiger partial charge on any atom is -0.309 e. The molecule has 0 aliphatic carbocycles. The summed E-state index contributed by atoms with van der Waals surface area (Å²) in [4.78, 5) is 24.2. The highest BCUT2D eigenvalue weighted by Gasteiger charge is 2.26. The van der Waals surface area contributed by atoms with Gasteiger partial charge in [-0.15, -0.1) is 11.3 Å². The van der Waals surface area contributed by atoms with Crippen molar-refractivity contribution in [3.8, 4) is 0 Å². The van der Waals surface area contributed by atoms with Crippen molar-refractivity contribution in [1.29, 1.82) is 0 Å². The molecule has 2 N–H and O–H groups in total. The largest absolute Gasteiger partial charge is 0.309 e. The van der Waals surface area contributed by atoms with Crippen molar-refractivity contribution in [2.45, 2.75) is 45.7 Å². The Hall–Kier alpha value is -1.29. The molecule has 1 unspecified atom stereocenters. The number of nitrogens with zero attached hydrogens (tertiary/aromatic N) is 2. The van der Waals surface area contributed by atoms with Crippen LogP contribution in [0.5, 0.6) is 0 Å². The number of nitrogens with one attached hydrogen (secondary N) is 2. The number of piperidine rings is 1. The predicted octanol–water partition coefficient (Wildman–Crippen LogP) is 1.68. The first kappa shape index (κ1) is 18.5. The van der Waals surface area contributed by atoms with E-state index >= 15 is 0 Å². The molecule has 25 heavy (non-hydrogen) atoms. The maximum absolute atomic E-state index is 12.4. The minimum atomic E-state index is -3.17. The van der Waals surface area contributed by atoms with E-state index in [9.17, 15) is 13.2 Å². The van der Waals surface area contributed by atoms with E-state index in [-0.39, 0.29) is 17.6 Å². The van der Waals surface area contributed by atoms with Crippen LogP contribution in [0.1, 0.15) is 42.1 Å². The number of likely N-dealkylation sites (tertiary alicyclic amines) is 1. The highest BCUT2D eigenvalue weighted by molar-refractivity contribution is 7.88. The van der Waals surface area contributed by atoms with Gasteiger partial charge in [0, 0.05) is 24.0 Å². The summed E-state index contributed by atoms with van der Waals surface area (Å²) in [6.07, 6.45) is 2.69. The number of hydrogen-bond donors (Lipinski definition) is 2. The second-order valence-electron chi connectivity index (χ2n) is 6.79. The number of fused-ring (bicyclic) bond motifs is 1. The molecule has 0 spiro atoms. The first-order chi connectivity index (χ1) is 11.7. The summed E-state index contributed by atoms with van der Waals surface area (Å²) in [6.45, 7) is 7.51. The Morgan fingerprint density at radius 2 is 1.96 bits per heavy atom. The Morgan fingerprint density at radius 3 is 2.56 bits per heavy atom. The van der Waals surface area contributed by atoms with Crippen molar-refractivity contribution in [3.05, 3.63) is 26.6 Å². The SMILES string of the molecule is Cc1sc2nc(C(C)N3CCC(NS(C)(=O)=O)CC3)[nH]c(=O)c2c1C. The van der Waals surface area contributed by atoms with E-state index in [1.807, 2.05) is 20.8 Å². The summed E-state index contributed by atoms with van der Waals surface area (Å²) in [6, 6.07) is -0.0328. The van der Waals surface area contributed by atoms with Gasteiger partial charge in [-0.3, -0.25) is 9.69 Å². The lowest BCUT2D eigenvalue weighted by molar-refractivity contribution is 0.154. The van der Waals surface area contributed by atoms with Gasteiger partial charge in [-0.2, -0.15) is 0 Å². The van der Waals surface area contributed by atoms with E-state index in [0.29, 0.717) is 11.2 Å². The Bertz CT molecular complexity index is 940. The number of thiophene rings is 1. The van der Waals surface area contributed by atoms with E-state index < -0.39 is 10.0 Å². The smallest absolute Gasteiger partial charge is 0.259 e. The van der Waals surface area contributed by atoms with E-state index in [2.05, 4.69) is 19.6 Å². The zero-order valence-corrected chi connectivity index (χ0v) is 16.6. The van der Waals surface area contributed by atoms with Gasteiger partial charge in [0.1, 0.15) is 10.7 Å². The average molecular weight is 385 g/mol. The predicted molar refractivity (Wildman–Crippen MR) is 101 cm³/mol. The van der Waals surface area contributed by atoms with Gasteiger partial charge in [0.05, 0.1) is 17.7 Å². The summed E-state index contributed by atoms with van der Waals surface area (Å²) < 4.78 is 25.4. The molecule has 0 radical (unpaired) electrons. The molecule has 2 aromatic rings. The Kier molecular flexibility index (Phi) is 5.02.